The number of carbonyl (C=O) groups is 2. The van der Waals surface area contributed by atoms with Gasteiger partial charge in [0, 0.05) is 17.9 Å². The lowest BCUT2D eigenvalue weighted by Crippen LogP contribution is -2.37. The molecule has 1 aromatic carbocycles. The Balaban J connectivity index is 1.57. The van der Waals surface area contributed by atoms with Crippen LogP contribution in [0.4, 0.5) is 0 Å². The number of rotatable bonds is 6. The number of H-pyrrole nitrogens is 1. The first kappa shape index (κ1) is 17.0. The topological polar surface area (TPSA) is 93.2 Å². The molecule has 1 unspecified atom stereocenters. The molecule has 25 heavy (non-hydrogen) atoms. The predicted molar refractivity (Wildman–Crippen MR) is 91.7 cm³/mol. The number of ether oxygens (including phenoxy) is 1. The lowest BCUT2D eigenvalue weighted by Gasteiger charge is -2.12. The molecular weight excluding hydrogens is 322 g/mol. The number of nitrogens with one attached hydrogen (secondary N) is 2. The van der Waals surface area contributed by atoms with E-state index in [0.29, 0.717) is 17.2 Å². The Morgan fingerprint density at radius 1 is 1.32 bits per heavy atom. The molecule has 1 aliphatic carbocycles. The lowest BCUT2D eigenvalue weighted by atomic mass is 10.2. The van der Waals surface area contributed by atoms with Gasteiger partial charge in [0.05, 0.1) is 11.3 Å². The molecule has 1 fully saturated rings. The highest BCUT2D eigenvalue weighted by molar-refractivity contribution is 5.91. The van der Waals surface area contributed by atoms with Crippen LogP contribution in [0, 0.1) is 12.8 Å². The number of hydrogen-bond acceptors (Lipinski definition) is 4. The largest absolute Gasteiger partial charge is 0.452 e. The number of imidazole rings is 1. The van der Waals surface area contributed by atoms with Gasteiger partial charge in [-0.2, -0.15) is 0 Å². The number of benzene rings is 1. The van der Waals surface area contributed by atoms with Crippen molar-refractivity contribution in [1.82, 2.24) is 14.9 Å². The van der Waals surface area contributed by atoms with Gasteiger partial charge in [-0.05, 0) is 56.9 Å². The number of aryl methyl sites for hydroxylation is 1. The number of aromatic amines is 1. The molecule has 1 saturated carbocycles. The maximum Gasteiger partial charge on any atom is 0.338 e. The van der Waals surface area contributed by atoms with E-state index in [2.05, 4.69) is 10.3 Å². The smallest absolute Gasteiger partial charge is 0.338 e. The van der Waals surface area contributed by atoms with E-state index in [0.717, 1.165) is 18.5 Å². The molecule has 1 aromatic heterocycles. The van der Waals surface area contributed by atoms with E-state index in [-0.39, 0.29) is 24.2 Å². The summed E-state index contributed by atoms with van der Waals surface area (Å²) in [4.78, 5) is 38.2. The first-order valence-corrected chi connectivity index (χ1v) is 8.29. The SMILES string of the molecule is Cc1c[nH]c(=O)n1-c1ccc(C(=O)OCC(=O)NC(C)C2CC2)cc1. The first-order valence-electron chi connectivity index (χ1n) is 8.29. The molecule has 1 amide bonds. The Morgan fingerprint density at radius 3 is 2.56 bits per heavy atom. The molecule has 0 saturated heterocycles. The van der Waals surface area contributed by atoms with Crippen LogP contribution in [0.1, 0.15) is 35.8 Å². The molecule has 0 bridgehead atoms. The normalized spacial score (nSPS) is 14.8. The number of hydrogen-bond donors (Lipinski definition) is 2. The van der Waals surface area contributed by atoms with Crippen molar-refractivity contribution in [3.8, 4) is 5.69 Å². The maximum absolute atomic E-state index is 12.0. The van der Waals surface area contributed by atoms with E-state index in [1.165, 1.54) is 4.57 Å². The molecule has 0 aliphatic heterocycles. The van der Waals surface area contributed by atoms with E-state index < -0.39 is 5.97 Å². The van der Waals surface area contributed by atoms with Crippen LogP contribution in [0.3, 0.4) is 0 Å². The van der Waals surface area contributed by atoms with Gasteiger partial charge in [0.1, 0.15) is 0 Å². The molecular formula is C18H21N3O4. The highest BCUT2D eigenvalue weighted by Crippen LogP contribution is 2.32. The second-order valence-corrected chi connectivity index (χ2v) is 6.39. The fraction of sp³-hybridized carbons (Fsp3) is 0.389. The van der Waals surface area contributed by atoms with E-state index in [9.17, 15) is 14.4 Å². The number of aromatic nitrogens is 2. The fourth-order valence-corrected chi connectivity index (χ4v) is 2.75. The number of nitrogens with zero attached hydrogens (tertiary/aromatic N) is 1. The standard InChI is InChI=1S/C18H21N3O4/c1-11-9-19-18(24)21(11)15-7-5-14(6-8-15)17(23)25-10-16(22)20-12(2)13-3-4-13/h5-9,12-13H,3-4,10H2,1-2H3,(H,19,24)(H,20,22). The summed E-state index contributed by atoms with van der Waals surface area (Å²) in [5.74, 6) is -0.315. The summed E-state index contributed by atoms with van der Waals surface area (Å²) < 4.78 is 6.55. The number of esters is 1. The van der Waals surface area contributed by atoms with Crippen LogP contribution >= 0.6 is 0 Å². The zero-order valence-corrected chi connectivity index (χ0v) is 14.2. The lowest BCUT2D eigenvalue weighted by molar-refractivity contribution is -0.124. The van der Waals surface area contributed by atoms with Gasteiger partial charge < -0.3 is 15.0 Å². The van der Waals surface area contributed by atoms with E-state index in [1.54, 1.807) is 37.4 Å². The minimum atomic E-state index is -0.570. The highest BCUT2D eigenvalue weighted by Gasteiger charge is 2.29. The third-order valence-electron chi connectivity index (χ3n) is 4.37. The van der Waals surface area contributed by atoms with Crippen molar-refractivity contribution >= 4 is 11.9 Å². The van der Waals surface area contributed by atoms with Gasteiger partial charge >= 0.3 is 11.7 Å². The second kappa shape index (κ2) is 6.96. The molecule has 7 heteroatoms. The van der Waals surface area contributed by atoms with E-state index in [4.69, 9.17) is 4.74 Å². The third-order valence-corrected chi connectivity index (χ3v) is 4.37. The Hall–Kier alpha value is -2.83. The van der Waals surface area contributed by atoms with Gasteiger partial charge in [-0.1, -0.05) is 0 Å². The predicted octanol–water partition coefficient (Wildman–Crippen LogP) is 1.55. The fourth-order valence-electron chi connectivity index (χ4n) is 2.75. The van der Waals surface area contributed by atoms with Crippen molar-refractivity contribution in [3.63, 3.8) is 0 Å². The van der Waals surface area contributed by atoms with Gasteiger partial charge in [0.25, 0.3) is 5.91 Å². The second-order valence-electron chi connectivity index (χ2n) is 6.39. The number of amides is 1. The summed E-state index contributed by atoms with van der Waals surface area (Å²) in [6, 6.07) is 6.58. The summed E-state index contributed by atoms with van der Waals surface area (Å²) in [5.41, 5.74) is 1.50. The molecule has 2 N–H and O–H groups in total. The van der Waals surface area contributed by atoms with Crippen molar-refractivity contribution in [2.75, 3.05) is 6.61 Å². The van der Waals surface area contributed by atoms with Crippen molar-refractivity contribution in [1.29, 1.82) is 0 Å². The minimum Gasteiger partial charge on any atom is -0.452 e. The highest BCUT2D eigenvalue weighted by atomic mass is 16.5. The van der Waals surface area contributed by atoms with Gasteiger partial charge in [0.15, 0.2) is 6.61 Å². The molecule has 1 heterocycles. The quantitative estimate of drug-likeness (QED) is 0.778. The zero-order valence-electron chi connectivity index (χ0n) is 14.2. The van der Waals surface area contributed by atoms with Crippen molar-refractivity contribution in [3.05, 3.63) is 52.2 Å². The van der Waals surface area contributed by atoms with Crippen molar-refractivity contribution in [2.45, 2.75) is 32.7 Å². The van der Waals surface area contributed by atoms with E-state index >= 15 is 0 Å². The van der Waals surface area contributed by atoms with Crippen LogP contribution < -0.4 is 11.0 Å². The van der Waals surface area contributed by atoms with Crippen LogP contribution in [0.5, 0.6) is 0 Å². The molecule has 7 nitrogen and oxygen atoms in total. The Morgan fingerprint density at radius 2 is 2.00 bits per heavy atom. The van der Waals surface area contributed by atoms with E-state index in [1.807, 2.05) is 6.92 Å². The van der Waals surface area contributed by atoms with Crippen molar-refractivity contribution < 1.29 is 14.3 Å². The molecule has 2 aromatic rings. The van der Waals surface area contributed by atoms with Crippen LogP contribution in [0.2, 0.25) is 0 Å². The molecule has 0 radical (unpaired) electrons. The summed E-state index contributed by atoms with van der Waals surface area (Å²) in [6.07, 6.45) is 3.89. The van der Waals surface area contributed by atoms with Crippen LogP contribution in [0.15, 0.2) is 35.3 Å². The van der Waals surface area contributed by atoms with Crippen LogP contribution in [-0.4, -0.2) is 34.1 Å². The maximum atomic E-state index is 12.0. The summed E-state index contributed by atoms with van der Waals surface area (Å²) in [5, 5.41) is 2.83. The van der Waals surface area contributed by atoms with Gasteiger partial charge in [-0.3, -0.25) is 9.36 Å². The number of carbonyl (C=O) groups excluding carboxylic acids is 2. The van der Waals surface area contributed by atoms with Gasteiger partial charge in [0.2, 0.25) is 0 Å². The van der Waals surface area contributed by atoms with Gasteiger partial charge in [-0.15, -0.1) is 0 Å². The minimum absolute atomic E-state index is 0.119. The average Bonchev–Trinajstić information content (AvgIpc) is 3.39. The van der Waals surface area contributed by atoms with Crippen molar-refractivity contribution in [2.24, 2.45) is 5.92 Å². The van der Waals surface area contributed by atoms with Gasteiger partial charge in [-0.25, -0.2) is 9.59 Å². The Bertz CT molecular complexity index is 831. The average molecular weight is 343 g/mol. The van der Waals surface area contributed by atoms with Crippen LogP contribution in [0.25, 0.3) is 5.69 Å². The first-order chi connectivity index (χ1) is 12.0. The summed E-state index contributed by atoms with van der Waals surface area (Å²) in [7, 11) is 0. The summed E-state index contributed by atoms with van der Waals surface area (Å²) >= 11 is 0. The molecule has 132 valence electrons. The van der Waals surface area contributed by atoms with Crippen LogP contribution in [-0.2, 0) is 9.53 Å². The molecule has 1 atom stereocenters. The zero-order chi connectivity index (χ0) is 18.0. The Labute approximate surface area is 145 Å². The molecule has 1 aliphatic rings. The molecule has 3 rings (SSSR count). The molecule has 0 spiro atoms. The Kier molecular flexibility index (Phi) is 4.74. The monoisotopic (exact) mass is 343 g/mol. The summed E-state index contributed by atoms with van der Waals surface area (Å²) in [6.45, 7) is 3.47. The third kappa shape index (κ3) is 3.99.